The second-order valence-corrected chi connectivity index (χ2v) is 5.19. The summed E-state index contributed by atoms with van der Waals surface area (Å²) in [5.74, 6) is 0.448. The van der Waals surface area contributed by atoms with Crippen LogP contribution in [0.1, 0.15) is 0 Å². The van der Waals surface area contributed by atoms with Crippen LogP contribution in [0.3, 0.4) is 0 Å². The highest BCUT2D eigenvalue weighted by Crippen LogP contribution is 2.31. The summed E-state index contributed by atoms with van der Waals surface area (Å²) in [5, 5.41) is 12.5. The highest BCUT2D eigenvalue weighted by molar-refractivity contribution is 6.37. The molecule has 0 saturated heterocycles. The van der Waals surface area contributed by atoms with Gasteiger partial charge in [0.15, 0.2) is 5.82 Å². The fraction of sp³-hybridized carbons (Fsp3) is 0. The van der Waals surface area contributed by atoms with Crippen molar-refractivity contribution in [3.05, 3.63) is 46.4 Å². The Balaban J connectivity index is 2.22. The maximum absolute atomic E-state index is 6.19. The summed E-state index contributed by atoms with van der Waals surface area (Å²) in [7, 11) is 0. The number of halogens is 2. The summed E-state index contributed by atoms with van der Waals surface area (Å²) in [6.45, 7) is 0. The predicted octanol–water partition coefficient (Wildman–Crippen LogP) is 2.80. The van der Waals surface area contributed by atoms with Crippen LogP contribution in [0, 0.1) is 0 Å². The molecule has 3 rings (SSSR count). The largest absolute Gasteiger partial charge is 0.399 e. The van der Waals surface area contributed by atoms with Crippen LogP contribution < -0.4 is 11.5 Å². The molecule has 0 spiro atoms. The number of nitrogens with two attached hydrogens (primary N) is 2. The molecule has 0 aliphatic heterocycles. The van der Waals surface area contributed by atoms with Crippen molar-refractivity contribution in [2.24, 2.45) is 0 Å². The summed E-state index contributed by atoms with van der Waals surface area (Å²) in [5.41, 5.74) is 13.8. The zero-order chi connectivity index (χ0) is 15.0. The number of nitrogens with zero attached hydrogens (tertiary/aromatic N) is 4. The van der Waals surface area contributed by atoms with E-state index in [1.54, 1.807) is 36.4 Å². The van der Waals surface area contributed by atoms with E-state index in [0.29, 0.717) is 38.5 Å². The standard InChI is InChI=1S/C13H10Cl2N6/c14-10-2-1-3-11(15)12(10)21-13(18-19-20-21)7-4-8(16)6-9(17)5-7/h1-6H,16-17H2. The van der Waals surface area contributed by atoms with Crippen molar-refractivity contribution in [1.82, 2.24) is 20.2 Å². The van der Waals surface area contributed by atoms with E-state index in [4.69, 9.17) is 34.7 Å². The fourth-order valence-corrected chi connectivity index (χ4v) is 2.57. The molecule has 0 amide bonds. The minimum atomic E-state index is 0.438. The van der Waals surface area contributed by atoms with Crippen LogP contribution in [0.2, 0.25) is 10.0 Å². The van der Waals surface area contributed by atoms with Gasteiger partial charge in [0.05, 0.1) is 10.0 Å². The first-order valence-electron chi connectivity index (χ1n) is 5.95. The van der Waals surface area contributed by atoms with E-state index in [-0.39, 0.29) is 0 Å². The van der Waals surface area contributed by atoms with Gasteiger partial charge in [-0.2, -0.15) is 4.68 Å². The zero-order valence-corrected chi connectivity index (χ0v) is 12.2. The van der Waals surface area contributed by atoms with Crippen molar-refractivity contribution < 1.29 is 0 Å². The van der Waals surface area contributed by atoms with E-state index in [1.807, 2.05) is 0 Å². The summed E-state index contributed by atoms with van der Waals surface area (Å²) >= 11 is 12.4. The molecule has 21 heavy (non-hydrogen) atoms. The minimum Gasteiger partial charge on any atom is -0.399 e. The molecule has 0 radical (unpaired) electrons. The Bertz CT molecular complexity index is 774. The second-order valence-electron chi connectivity index (χ2n) is 4.37. The molecule has 0 aliphatic carbocycles. The molecular weight excluding hydrogens is 311 g/mol. The van der Waals surface area contributed by atoms with E-state index in [1.165, 1.54) is 4.68 Å². The molecule has 1 aromatic heterocycles. The number of anilines is 2. The van der Waals surface area contributed by atoms with Crippen LogP contribution in [0.5, 0.6) is 0 Å². The SMILES string of the molecule is Nc1cc(N)cc(-c2nnnn2-c2c(Cl)cccc2Cl)c1. The lowest BCUT2D eigenvalue weighted by Gasteiger charge is -2.09. The highest BCUT2D eigenvalue weighted by Gasteiger charge is 2.16. The average molecular weight is 321 g/mol. The summed E-state index contributed by atoms with van der Waals surface area (Å²) in [4.78, 5) is 0. The van der Waals surface area contributed by atoms with Crippen LogP contribution in [0.15, 0.2) is 36.4 Å². The van der Waals surface area contributed by atoms with E-state index in [2.05, 4.69) is 15.5 Å². The Morgan fingerprint density at radius 1 is 0.952 bits per heavy atom. The number of tetrazole rings is 1. The molecular formula is C13H10Cl2N6. The number of hydrogen-bond acceptors (Lipinski definition) is 5. The van der Waals surface area contributed by atoms with Crippen LogP contribution >= 0.6 is 23.2 Å². The van der Waals surface area contributed by atoms with Crippen molar-refractivity contribution in [3.8, 4) is 17.1 Å². The van der Waals surface area contributed by atoms with Gasteiger partial charge < -0.3 is 11.5 Å². The predicted molar refractivity (Wildman–Crippen MR) is 83.4 cm³/mol. The van der Waals surface area contributed by atoms with Gasteiger partial charge in [-0.1, -0.05) is 29.3 Å². The van der Waals surface area contributed by atoms with Crippen LogP contribution in [-0.2, 0) is 0 Å². The van der Waals surface area contributed by atoms with E-state index in [9.17, 15) is 0 Å². The molecule has 8 heteroatoms. The molecule has 6 nitrogen and oxygen atoms in total. The number of aromatic nitrogens is 4. The van der Waals surface area contributed by atoms with Crippen molar-refractivity contribution in [1.29, 1.82) is 0 Å². The molecule has 0 unspecified atom stereocenters. The summed E-state index contributed by atoms with van der Waals surface area (Å²) in [6.07, 6.45) is 0. The van der Waals surface area contributed by atoms with Crippen LogP contribution in [-0.4, -0.2) is 20.2 Å². The molecule has 2 aromatic carbocycles. The first-order chi connectivity index (χ1) is 10.1. The van der Waals surface area contributed by atoms with Crippen molar-refractivity contribution in [2.75, 3.05) is 11.5 Å². The molecule has 0 saturated carbocycles. The quantitative estimate of drug-likeness (QED) is 0.708. The highest BCUT2D eigenvalue weighted by atomic mass is 35.5. The first kappa shape index (κ1) is 13.7. The van der Waals surface area contributed by atoms with E-state index >= 15 is 0 Å². The Labute approximate surface area is 130 Å². The molecule has 0 atom stereocenters. The van der Waals surface area contributed by atoms with Crippen molar-refractivity contribution >= 4 is 34.6 Å². The number of para-hydroxylation sites is 1. The van der Waals surface area contributed by atoms with Gasteiger partial charge in [-0.3, -0.25) is 0 Å². The lowest BCUT2D eigenvalue weighted by molar-refractivity contribution is 0.791. The Morgan fingerprint density at radius 2 is 1.57 bits per heavy atom. The van der Waals surface area contributed by atoms with Gasteiger partial charge in [-0.15, -0.1) is 5.10 Å². The van der Waals surface area contributed by atoms with Gasteiger partial charge >= 0.3 is 0 Å². The maximum Gasteiger partial charge on any atom is 0.187 e. The van der Waals surface area contributed by atoms with Gasteiger partial charge in [0.1, 0.15) is 5.69 Å². The van der Waals surface area contributed by atoms with Gasteiger partial charge in [0.2, 0.25) is 0 Å². The molecule has 0 bridgehead atoms. The summed E-state index contributed by atoms with van der Waals surface area (Å²) in [6, 6.07) is 10.3. The van der Waals surface area contributed by atoms with E-state index < -0.39 is 0 Å². The molecule has 4 N–H and O–H groups in total. The Morgan fingerprint density at radius 3 is 2.19 bits per heavy atom. The fourth-order valence-electron chi connectivity index (χ4n) is 2.01. The maximum atomic E-state index is 6.19. The monoisotopic (exact) mass is 320 g/mol. The number of hydrogen-bond donors (Lipinski definition) is 2. The number of rotatable bonds is 2. The lowest BCUT2D eigenvalue weighted by Crippen LogP contribution is -2.02. The lowest BCUT2D eigenvalue weighted by atomic mass is 10.1. The zero-order valence-electron chi connectivity index (χ0n) is 10.7. The molecule has 3 aromatic rings. The van der Waals surface area contributed by atoms with E-state index in [0.717, 1.165) is 0 Å². The van der Waals surface area contributed by atoms with Crippen LogP contribution in [0.4, 0.5) is 11.4 Å². The second kappa shape index (κ2) is 5.23. The topological polar surface area (TPSA) is 95.6 Å². The van der Waals surface area contributed by atoms with Gasteiger partial charge in [0, 0.05) is 16.9 Å². The van der Waals surface area contributed by atoms with Gasteiger partial charge in [-0.25, -0.2) is 0 Å². The number of nitrogen functional groups attached to an aromatic ring is 2. The van der Waals surface area contributed by atoms with Crippen molar-refractivity contribution in [3.63, 3.8) is 0 Å². The normalized spacial score (nSPS) is 10.8. The third kappa shape index (κ3) is 2.51. The minimum absolute atomic E-state index is 0.438. The average Bonchev–Trinajstić information content (AvgIpc) is 2.86. The molecule has 1 heterocycles. The van der Waals surface area contributed by atoms with Crippen molar-refractivity contribution in [2.45, 2.75) is 0 Å². The Kier molecular flexibility index (Phi) is 3.40. The first-order valence-corrected chi connectivity index (χ1v) is 6.71. The van der Waals surface area contributed by atoms with Gasteiger partial charge in [-0.05, 0) is 40.8 Å². The molecule has 0 aliphatic rings. The van der Waals surface area contributed by atoms with Gasteiger partial charge in [0.25, 0.3) is 0 Å². The third-order valence-electron chi connectivity index (χ3n) is 2.85. The van der Waals surface area contributed by atoms with Crippen LogP contribution in [0.25, 0.3) is 17.1 Å². The Hall–Kier alpha value is -2.31. The smallest absolute Gasteiger partial charge is 0.187 e. The molecule has 0 fully saturated rings. The third-order valence-corrected chi connectivity index (χ3v) is 3.46. The number of benzene rings is 2. The summed E-state index contributed by atoms with van der Waals surface area (Å²) < 4.78 is 1.46. The molecule has 106 valence electrons.